The summed E-state index contributed by atoms with van der Waals surface area (Å²) in [7, 11) is 0. The van der Waals surface area contributed by atoms with Crippen molar-refractivity contribution in [3.63, 3.8) is 0 Å². The van der Waals surface area contributed by atoms with E-state index in [2.05, 4.69) is 11.0 Å². The Kier molecular flexibility index (Phi) is 5.25. The number of fused-ring (bicyclic) bond motifs is 2. The van der Waals surface area contributed by atoms with E-state index >= 15 is 0 Å². The summed E-state index contributed by atoms with van der Waals surface area (Å²) >= 11 is 0. The molecule has 5 heteroatoms. The van der Waals surface area contributed by atoms with Crippen LogP contribution in [0, 0.1) is 11.8 Å². The molecule has 0 bridgehead atoms. The van der Waals surface area contributed by atoms with Crippen LogP contribution in [0.5, 0.6) is 5.75 Å². The van der Waals surface area contributed by atoms with E-state index in [4.69, 9.17) is 4.74 Å². The maximum atomic E-state index is 13.2. The molecule has 2 heterocycles. The van der Waals surface area contributed by atoms with E-state index in [9.17, 15) is 9.90 Å². The molecular weight excluding hydrogens is 376 g/mol. The van der Waals surface area contributed by atoms with Crippen LogP contribution in [0.2, 0.25) is 0 Å². The number of carbonyl (C=O) groups excluding carboxylic acids is 1. The van der Waals surface area contributed by atoms with E-state index < -0.39 is 5.60 Å². The molecule has 1 aliphatic carbocycles. The zero-order chi connectivity index (χ0) is 20.6. The molecule has 2 aromatic carbocycles. The third kappa shape index (κ3) is 3.61. The number of benzene rings is 2. The molecule has 158 valence electrons. The molecule has 2 aromatic rings. The summed E-state index contributed by atoms with van der Waals surface area (Å²) in [6.07, 6.45) is 2.88. The van der Waals surface area contributed by atoms with Gasteiger partial charge in [0.05, 0.1) is 12.1 Å². The number of amides is 1. The molecule has 2 aliphatic heterocycles. The largest absolute Gasteiger partial charge is 0.492 e. The molecule has 3 atom stereocenters. The minimum atomic E-state index is -0.825. The van der Waals surface area contributed by atoms with Crippen LogP contribution in [-0.4, -0.2) is 53.6 Å². The molecule has 5 rings (SSSR count). The fourth-order valence-electron chi connectivity index (χ4n) is 5.62. The molecule has 3 aliphatic rings. The Bertz CT molecular complexity index is 902. The zero-order valence-corrected chi connectivity index (χ0v) is 17.4. The van der Waals surface area contributed by atoms with Crippen molar-refractivity contribution in [2.24, 2.45) is 11.8 Å². The van der Waals surface area contributed by atoms with Gasteiger partial charge in [0, 0.05) is 37.7 Å². The zero-order valence-electron chi connectivity index (χ0n) is 17.4. The number of hydrogen-bond acceptors (Lipinski definition) is 4. The Balaban J connectivity index is 1.28. The normalized spacial score (nSPS) is 28.9. The van der Waals surface area contributed by atoms with Crippen LogP contribution in [0.1, 0.15) is 30.4 Å². The molecule has 1 saturated carbocycles. The van der Waals surface area contributed by atoms with Crippen molar-refractivity contribution in [3.8, 4) is 5.75 Å². The molecule has 30 heavy (non-hydrogen) atoms. The van der Waals surface area contributed by atoms with E-state index in [0.717, 1.165) is 55.8 Å². The number of hydrogen-bond donors (Lipinski definition) is 1. The number of carbonyl (C=O) groups is 1. The second-order valence-corrected chi connectivity index (χ2v) is 9.01. The first-order valence-electron chi connectivity index (χ1n) is 11.1. The molecule has 1 saturated heterocycles. The van der Waals surface area contributed by atoms with Crippen LogP contribution in [0.15, 0.2) is 54.6 Å². The van der Waals surface area contributed by atoms with E-state index in [1.54, 1.807) is 0 Å². The summed E-state index contributed by atoms with van der Waals surface area (Å²) in [6.45, 7) is 3.89. The minimum absolute atomic E-state index is 0.116. The SMILES string of the molecule is O=C(CN1CCOc2ccccc2C1)N1C[C@H]2CCC[C@](O)(c3ccccc3)[C@H]2C1. The maximum Gasteiger partial charge on any atom is 0.236 e. The lowest BCUT2D eigenvalue weighted by Gasteiger charge is -2.41. The van der Waals surface area contributed by atoms with Gasteiger partial charge in [0.25, 0.3) is 0 Å². The van der Waals surface area contributed by atoms with Gasteiger partial charge in [-0.15, -0.1) is 0 Å². The molecular formula is C25H30N2O3. The number of nitrogens with zero attached hydrogens (tertiary/aromatic N) is 2. The smallest absolute Gasteiger partial charge is 0.236 e. The molecule has 0 spiro atoms. The lowest BCUT2D eigenvalue weighted by Crippen LogP contribution is -2.43. The standard InChI is InChI=1S/C25H30N2O3/c28-24(18-26-13-14-30-23-11-5-4-7-20(23)15-26)27-16-19-8-6-12-25(29,22(19)17-27)21-9-2-1-3-10-21/h1-5,7,9-11,19,22,29H,6,8,12-18H2/t19-,22+,25+/m1/s1. The van der Waals surface area contributed by atoms with Crippen LogP contribution in [-0.2, 0) is 16.9 Å². The van der Waals surface area contributed by atoms with E-state index in [0.29, 0.717) is 25.6 Å². The highest BCUT2D eigenvalue weighted by atomic mass is 16.5. The lowest BCUT2D eigenvalue weighted by atomic mass is 9.67. The topological polar surface area (TPSA) is 53.0 Å². The van der Waals surface area contributed by atoms with Crippen LogP contribution < -0.4 is 4.74 Å². The van der Waals surface area contributed by atoms with Crippen LogP contribution in [0.4, 0.5) is 0 Å². The summed E-state index contributed by atoms with van der Waals surface area (Å²) in [5.41, 5.74) is 1.31. The first-order valence-corrected chi connectivity index (χ1v) is 11.1. The Hall–Kier alpha value is -2.37. The summed E-state index contributed by atoms with van der Waals surface area (Å²) in [5.74, 6) is 1.58. The summed E-state index contributed by atoms with van der Waals surface area (Å²) in [5, 5.41) is 11.6. The highest BCUT2D eigenvalue weighted by Crippen LogP contribution is 2.48. The van der Waals surface area contributed by atoms with Crippen LogP contribution in [0.25, 0.3) is 0 Å². The van der Waals surface area contributed by atoms with Crippen molar-refractivity contribution in [1.82, 2.24) is 9.80 Å². The minimum Gasteiger partial charge on any atom is -0.492 e. The molecule has 1 N–H and O–H groups in total. The van der Waals surface area contributed by atoms with Crippen molar-refractivity contribution in [2.45, 2.75) is 31.4 Å². The van der Waals surface area contributed by atoms with Crippen molar-refractivity contribution in [3.05, 3.63) is 65.7 Å². The summed E-state index contributed by atoms with van der Waals surface area (Å²) in [4.78, 5) is 17.4. The van der Waals surface area contributed by atoms with Gasteiger partial charge in [-0.05, 0) is 36.8 Å². The molecule has 2 fully saturated rings. The Labute approximate surface area is 178 Å². The Morgan fingerprint density at radius 3 is 2.77 bits per heavy atom. The fraction of sp³-hybridized carbons (Fsp3) is 0.480. The number of aliphatic hydroxyl groups is 1. The van der Waals surface area contributed by atoms with Crippen LogP contribution >= 0.6 is 0 Å². The highest BCUT2D eigenvalue weighted by Gasteiger charge is 2.50. The van der Waals surface area contributed by atoms with Gasteiger partial charge in [0.2, 0.25) is 5.91 Å². The summed E-state index contributed by atoms with van der Waals surface area (Å²) in [6, 6.07) is 18.1. The third-order valence-electron chi connectivity index (χ3n) is 7.20. The number of rotatable bonds is 3. The molecule has 0 unspecified atom stereocenters. The maximum absolute atomic E-state index is 13.2. The second kappa shape index (κ2) is 8.05. The third-order valence-corrected chi connectivity index (χ3v) is 7.20. The average Bonchev–Trinajstić information content (AvgIpc) is 3.12. The highest BCUT2D eigenvalue weighted by molar-refractivity contribution is 5.78. The quantitative estimate of drug-likeness (QED) is 0.851. The molecule has 1 amide bonds. The number of para-hydroxylation sites is 1. The van der Waals surface area contributed by atoms with Crippen molar-refractivity contribution >= 4 is 5.91 Å². The summed E-state index contributed by atoms with van der Waals surface area (Å²) < 4.78 is 5.84. The van der Waals surface area contributed by atoms with Gasteiger partial charge in [-0.3, -0.25) is 9.69 Å². The average molecular weight is 407 g/mol. The fourth-order valence-corrected chi connectivity index (χ4v) is 5.62. The van der Waals surface area contributed by atoms with E-state index in [-0.39, 0.29) is 11.8 Å². The van der Waals surface area contributed by atoms with Crippen molar-refractivity contribution < 1.29 is 14.6 Å². The van der Waals surface area contributed by atoms with Gasteiger partial charge in [0.1, 0.15) is 12.4 Å². The Morgan fingerprint density at radius 2 is 1.90 bits per heavy atom. The Morgan fingerprint density at radius 1 is 1.10 bits per heavy atom. The van der Waals surface area contributed by atoms with Gasteiger partial charge >= 0.3 is 0 Å². The second-order valence-electron chi connectivity index (χ2n) is 9.01. The predicted octanol–water partition coefficient (Wildman–Crippen LogP) is 3.03. The van der Waals surface area contributed by atoms with Gasteiger partial charge < -0.3 is 14.7 Å². The first-order chi connectivity index (χ1) is 14.6. The van der Waals surface area contributed by atoms with Gasteiger partial charge in [0.15, 0.2) is 0 Å². The van der Waals surface area contributed by atoms with Gasteiger partial charge in [-0.25, -0.2) is 0 Å². The van der Waals surface area contributed by atoms with Crippen molar-refractivity contribution in [2.75, 3.05) is 32.8 Å². The predicted molar refractivity (Wildman–Crippen MR) is 115 cm³/mol. The number of likely N-dealkylation sites (tertiary alicyclic amines) is 1. The van der Waals surface area contributed by atoms with E-state index in [1.807, 2.05) is 53.4 Å². The van der Waals surface area contributed by atoms with Gasteiger partial charge in [-0.2, -0.15) is 0 Å². The van der Waals surface area contributed by atoms with E-state index in [1.165, 1.54) is 0 Å². The first kappa shape index (κ1) is 19.6. The number of ether oxygens (including phenoxy) is 1. The molecule has 5 nitrogen and oxygen atoms in total. The molecule has 0 aromatic heterocycles. The molecule has 0 radical (unpaired) electrons. The monoisotopic (exact) mass is 406 g/mol. The van der Waals surface area contributed by atoms with Crippen molar-refractivity contribution in [1.29, 1.82) is 0 Å². The lowest BCUT2D eigenvalue weighted by molar-refractivity contribution is -0.132. The van der Waals surface area contributed by atoms with Crippen LogP contribution in [0.3, 0.4) is 0 Å². The van der Waals surface area contributed by atoms with Gasteiger partial charge in [-0.1, -0.05) is 48.5 Å².